The van der Waals surface area contributed by atoms with E-state index in [1.165, 1.54) is 0 Å². The predicted octanol–water partition coefficient (Wildman–Crippen LogP) is 3.11. The summed E-state index contributed by atoms with van der Waals surface area (Å²) in [7, 11) is 1.63. The van der Waals surface area contributed by atoms with E-state index in [1.54, 1.807) is 31.4 Å². The van der Waals surface area contributed by atoms with Crippen molar-refractivity contribution in [2.45, 2.75) is 12.6 Å². The zero-order valence-electron chi connectivity index (χ0n) is 15.7. The fourth-order valence-electron chi connectivity index (χ4n) is 3.82. The molecule has 2 saturated heterocycles. The van der Waals surface area contributed by atoms with Crippen LogP contribution in [0.25, 0.3) is 0 Å². The molecule has 146 valence electrons. The molecule has 0 spiro atoms. The molecule has 3 amide bonds. The molecule has 1 atom stereocenters. The number of fused-ring (bicyclic) bond motifs is 1. The Hall–Kier alpha value is -2.73. The maximum Gasteiger partial charge on any atom is 0.320 e. The molecular formula is C21H22ClN3O3. The van der Waals surface area contributed by atoms with E-state index in [2.05, 4.69) is 0 Å². The van der Waals surface area contributed by atoms with Crippen molar-refractivity contribution in [2.24, 2.45) is 0 Å². The van der Waals surface area contributed by atoms with Crippen LogP contribution in [0.1, 0.15) is 15.9 Å². The van der Waals surface area contributed by atoms with Crippen molar-refractivity contribution in [1.82, 2.24) is 14.7 Å². The zero-order chi connectivity index (χ0) is 19.7. The third-order valence-corrected chi connectivity index (χ3v) is 5.59. The van der Waals surface area contributed by atoms with Crippen molar-refractivity contribution in [3.8, 4) is 5.75 Å². The average molecular weight is 400 g/mol. The highest BCUT2D eigenvalue weighted by Gasteiger charge is 2.41. The topological polar surface area (TPSA) is 53.1 Å². The number of amides is 3. The lowest BCUT2D eigenvalue weighted by molar-refractivity contribution is 0.0617. The van der Waals surface area contributed by atoms with Crippen LogP contribution < -0.4 is 4.74 Å². The number of piperazine rings is 1. The summed E-state index contributed by atoms with van der Waals surface area (Å²) < 4.78 is 5.18. The third-order valence-electron chi connectivity index (χ3n) is 5.34. The molecule has 2 aliphatic rings. The molecule has 2 aromatic carbocycles. The van der Waals surface area contributed by atoms with Crippen molar-refractivity contribution in [2.75, 3.05) is 33.3 Å². The quantitative estimate of drug-likeness (QED) is 0.793. The van der Waals surface area contributed by atoms with Crippen molar-refractivity contribution < 1.29 is 14.3 Å². The molecule has 6 nitrogen and oxygen atoms in total. The molecule has 0 N–H and O–H groups in total. The number of ether oxygens (including phenoxy) is 1. The summed E-state index contributed by atoms with van der Waals surface area (Å²) in [5, 5.41) is 0.608. The molecule has 2 fully saturated rings. The van der Waals surface area contributed by atoms with Crippen LogP contribution in [0, 0.1) is 0 Å². The van der Waals surface area contributed by atoms with Gasteiger partial charge in [0.1, 0.15) is 5.75 Å². The first kappa shape index (κ1) is 18.6. The summed E-state index contributed by atoms with van der Waals surface area (Å²) >= 11 is 5.91. The predicted molar refractivity (Wildman–Crippen MR) is 107 cm³/mol. The number of benzene rings is 2. The van der Waals surface area contributed by atoms with Gasteiger partial charge in [-0.3, -0.25) is 4.79 Å². The lowest BCUT2D eigenvalue weighted by Gasteiger charge is -2.36. The second kappa shape index (κ2) is 7.72. The fourth-order valence-corrected chi connectivity index (χ4v) is 3.95. The van der Waals surface area contributed by atoms with E-state index in [0.29, 0.717) is 43.3 Å². The number of hydrogen-bond donors (Lipinski definition) is 0. The minimum absolute atomic E-state index is 0.0163. The van der Waals surface area contributed by atoms with E-state index in [-0.39, 0.29) is 18.0 Å². The first-order chi connectivity index (χ1) is 13.5. The molecule has 7 heteroatoms. The van der Waals surface area contributed by atoms with Crippen LogP contribution in [0.3, 0.4) is 0 Å². The number of methoxy groups -OCH3 is 1. The average Bonchev–Trinajstić information content (AvgIpc) is 3.03. The first-order valence-corrected chi connectivity index (χ1v) is 9.66. The van der Waals surface area contributed by atoms with E-state index in [0.717, 1.165) is 11.3 Å². The molecule has 0 aromatic heterocycles. The molecule has 2 aliphatic heterocycles. The van der Waals surface area contributed by atoms with Crippen LogP contribution >= 0.6 is 11.6 Å². The molecule has 0 bridgehead atoms. The molecule has 0 saturated carbocycles. The van der Waals surface area contributed by atoms with Gasteiger partial charge in [-0.15, -0.1) is 0 Å². The Labute approximate surface area is 169 Å². The second-order valence-corrected chi connectivity index (χ2v) is 7.55. The summed E-state index contributed by atoms with van der Waals surface area (Å²) in [5.41, 5.74) is 1.68. The third kappa shape index (κ3) is 3.64. The number of hydrogen-bond acceptors (Lipinski definition) is 3. The van der Waals surface area contributed by atoms with Crippen LogP contribution in [0.5, 0.6) is 5.75 Å². The SMILES string of the molecule is COc1ccc(CN2C[C@H]3CN(C(=O)c4ccc(Cl)cc4)CCN3C2=O)cc1. The van der Waals surface area contributed by atoms with Gasteiger partial charge in [0.05, 0.1) is 13.2 Å². The van der Waals surface area contributed by atoms with Gasteiger partial charge in [0.2, 0.25) is 0 Å². The van der Waals surface area contributed by atoms with Gasteiger partial charge in [-0.2, -0.15) is 0 Å². The normalized spacial score (nSPS) is 19.0. The van der Waals surface area contributed by atoms with Gasteiger partial charge in [-0.1, -0.05) is 23.7 Å². The molecule has 28 heavy (non-hydrogen) atoms. The maximum atomic E-state index is 12.8. The summed E-state index contributed by atoms with van der Waals surface area (Å²) in [5.74, 6) is 0.780. The molecule has 4 rings (SSSR count). The maximum absolute atomic E-state index is 12.8. The van der Waals surface area contributed by atoms with Gasteiger partial charge in [0.25, 0.3) is 5.91 Å². The Morgan fingerprint density at radius 2 is 1.79 bits per heavy atom. The number of nitrogens with zero attached hydrogens (tertiary/aromatic N) is 3. The number of carbonyl (C=O) groups excluding carboxylic acids is 2. The van der Waals surface area contributed by atoms with Crippen LogP contribution in [0.2, 0.25) is 5.02 Å². The molecule has 0 radical (unpaired) electrons. The molecule has 2 heterocycles. The summed E-state index contributed by atoms with van der Waals surface area (Å²) in [4.78, 5) is 31.1. The van der Waals surface area contributed by atoms with Crippen molar-refractivity contribution >= 4 is 23.5 Å². The molecule has 0 aliphatic carbocycles. The van der Waals surface area contributed by atoms with Crippen LogP contribution in [0.4, 0.5) is 4.79 Å². The summed E-state index contributed by atoms with van der Waals surface area (Å²) in [6.45, 7) is 2.82. The highest BCUT2D eigenvalue weighted by atomic mass is 35.5. The largest absolute Gasteiger partial charge is 0.497 e. The summed E-state index contributed by atoms with van der Waals surface area (Å²) in [6.07, 6.45) is 0. The van der Waals surface area contributed by atoms with Gasteiger partial charge < -0.3 is 19.4 Å². The van der Waals surface area contributed by atoms with Gasteiger partial charge in [0.15, 0.2) is 0 Å². The Morgan fingerprint density at radius 3 is 2.46 bits per heavy atom. The van der Waals surface area contributed by atoms with Crippen LogP contribution in [-0.2, 0) is 6.54 Å². The fraction of sp³-hybridized carbons (Fsp3) is 0.333. The smallest absolute Gasteiger partial charge is 0.320 e. The Kier molecular flexibility index (Phi) is 5.13. The minimum Gasteiger partial charge on any atom is -0.497 e. The van der Waals surface area contributed by atoms with Crippen LogP contribution in [0.15, 0.2) is 48.5 Å². The molecular weight excluding hydrogens is 378 g/mol. The minimum atomic E-state index is -0.0163. The molecule has 0 unspecified atom stereocenters. The van der Waals surface area contributed by atoms with Gasteiger partial charge >= 0.3 is 6.03 Å². The van der Waals surface area contributed by atoms with Gasteiger partial charge in [-0.05, 0) is 42.0 Å². The van der Waals surface area contributed by atoms with Gasteiger partial charge in [-0.25, -0.2) is 4.79 Å². The van der Waals surface area contributed by atoms with Gasteiger partial charge in [0, 0.05) is 43.3 Å². The lowest BCUT2D eigenvalue weighted by Crippen LogP contribution is -2.53. The number of urea groups is 1. The number of rotatable bonds is 4. The van der Waals surface area contributed by atoms with E-state index in [4.69, 9.17) is 16.3 Å². The van der Waals surface area contributed by atoms with E-state index in [9.17, 15) is 9.59 Å². The van der Waals surface area contributed by atoms with E-state index in [1.807, 2.05) is 39.0 Å². The lowest BCUT2D eigenvalue weighted by atomic mass is 10.1. The van der Waals surface area contributed by atoms with Crippen molar-refractivity contribution in [3.63, 3.8) is 0 Å². The second-order valence-electron chi connectivity index (χ2n) is 7.12. The monoisotopic (exact) mass is 399 g/mol. The summed E-state index contributed by atoms with van der Waals surface area (Å²) in [6, 6.07) is 14.7. The Balaban J connectivity index is 1.41. The Morgan fingerprint density at radius 1 is 1.07 bits per heavy atom. The Bertz CT molecular complexity index is 869. The van der Waals surface area contributed by atoms with Crippen molar-refractivity contribution in [1.29, 1.82) is 0 Å². The van der Waals surface area contributed by atoms with Crippen molar-refractivity contribution in [3.05, 3.63) is 64.7 Å². The zero-order valence-corrected chi connectivity index (χ0v) is 16.4. The molecule has 2 aromatic rings. The first-order valence-electron chi connectivity index (χ1n) is 9.28. The highest BCUT2D eigenvalue weighted by molar-refractivity contribution is 6.30. The van der Waals surface area contributed by atoms with E-state index >= 15 is 0 Å². The standard InChI is InChI=1S/C21H22ClN3O3/c1-28-19-8-2-15(3-9-19)12-24-14-18-13-23(10-11-25(18)21(24)27)20(26)16-4-6-17(22)7-5-16/h2-9,18H,10-14H2,1H3/t18-/m1/s1. The number of halogens is 1. The van der Waals surface area contributed by atoms with E-state index < -0.39 is 0 Å². The van der Waals surface area contributed by atoms with Crippen LogP contribution in [-0.4, -0.2) is 66.0 Å². The number of carbonyl (C=O) groups is 2. The highest BCUT2D eigenvalue weighted by Crippen LogP contribution is 2.24.